The van der Waals surface area contributed by atoms with E-state index in [2.05, 4.69) is 22.1 Å². The molecule has 1 saturated heterocycles. The Hall–Kier alpha value is -2.39. The summed E-state index contributed by atoms with van der Waals surface area (Å²) in [7, 11) is 0. The van der Waals surface area contributed by atoms with Crippen molar-refractivity contribution in [2.75, 3.05) is 26.2 Å². The van der Waals surface area contributed by atoms with E-state index in [-0.39, 0.29) is 18.4 Å². The van der Waals surface area contributed by atoms with Crippen molar-refractivity contribution in [2.24, 2.45) is 0 Å². The summed E-state index contributed by atoms with van der Waals surface area (Å²) in [6, 6.07) is 1.63. The van der Waals surface area contributed by atoms with Crippen molar-refractivity contribution in [3.63, 3.8) is 0 Å². The summed E-state index contributed by atoms with van der Waals surface area (Å²) in [4.78, 5) is 29.5. The second kappa shape index (κ2) is 7.41. The molecule has 1 fully saturated rings. The molecule has 0 aliphatic carbocycles. The number of aromatic nitrogens is 1. The van der Waals surface area contributed by atoms with Crippen LogP contribution in [-0.4, -0.2) is 53.0 Å². The molecule has 2 N–H and O–H groups in total. The number of aliphatic hydroxyl groups is 1. The zero-order valence-electron chi connectivity index (χ0n) is 11.6. The molecule has 0 unspecified atom stereocenters. The zero-order valence-corrected chi connectivity index (χ0v) is 11.6. The van der Waals surface area contributed by atoms with Crippen LogP contribution in [0.4, 0.5) is 0 Å². The van der Waals surface area contributed by atoms with Gasteiger partial charge in [0.15, 0.2) is 0 Å². The fourth-order valence-electron chi connectivity index (χ4n) is 2.03. The van der Waals surface area contributed by atoms with E-state index in [0.29, 0.717) is 43.6 Å². The van der Waals surface area contributed by atoms with Gasteiger partial charge < -0.3 is 15.3 Å². The minimum absolute atomic E-state index is 0.0174. The molecular formula is C15H17N3O3. The lowest BCUT2D eigenvalue weighted by Crippen LogP contribution is -2.34. The first-order valence-corrected chi connectivity index (χ1v) is 6.82. The Morgan fingerprint density at radius 1 is 1.48 bits per heavy atom. The summed E-state index contributed by atoms with van der Waals surface area (Å²) in [6.45, 7) is 1.32. The van der Waals surface area contributed by atoms with Gasteiger partial charge in [-0.3, -0.25) is 14.6 Å². The van der Waals surface area contributed by atoms with Gasteiger partial charge >= 0.3 is 0 Å². The maximum absolute atomic E-state index is 12.6. The Morgan fingerprint density at radius 2 is 2.33 bits per heavy atom. The Labute approximate surface area is 123 Å². The first-order chi connectivity index (χ1) is 10.2. The van der Waals surface area contributed by atoms with Crippen LogP contribution in [0.5, 0.6) is 0 Å². The normalized spacial score (nSPS) is 14.7. The average molecular weight is 287 g/mol. The van der Waals surface area contributed by atoms with Crippen molar-refractivity contribution in [1.82, 2.24) is 15.2 Å². The van der Waals surface area contributed by atoms with Crippen LogP contribution in [0.15, 0.2) is 18.5 Å². The molecule has 1 aliphatic rings. The van der Waals surface area contributed by atoms with Gasteiger partial charge in [-0.2, -0.15) is 0 Å². The maximum Gasteiger partial charge on any atom is 0.255 e. The van der Waals surface area contributed by atoms with Crippen molar-refractivity contribution in [1.29, 1.82) is 0 Å². The number of rotatable bonds is 2. The maximum atomic E-state index is 12.6. The summed E-state index contributed by atoms with van der Waals surface area (Å²) >= 11 is 0. The number of nitrogens with zero attached hydrogens (tertiary/aromatic N) is 2. The van der Waals surface area contributed by atoms with E-state index in [9.17, 15) is 9.59 Å². The standard InChI is InChI=1S/C15H17N3O3/c19-10-2-1-3-12-11-16-6-4-13(12)15(21)18-8-5-14(20)17-7-9-18/h4,6,11,19H,2,5,7-10H2,(H,17,20). The molecule has 0 atom stereocenters. The van der Waals surface area contributed by atoms with Crippen LogP contribution >= 0.6 is 0 Å². The number of hydrogen-bond acceptors (Lipinski definition) is 4. The first-order valence-electron chi connectivity index (χ1n) is 6.82. The fraction of sp³-hybridized carbons (Fsp3) is 0.400. The molecule has 1 aliphatic heterocycles. The molecule has 0 bridgehead atoms. The van der Waals surface area contributed by atoms with Gasteiger partial charge in [-0.1, -0.05) is 11.8 Å². The highest BCUT2D eigenvalue weighted by atomic mass is 16.2. The number of hydrogen-bond donors (Lipinski definition) is 2. The van der Waals surface area contributed by atoms with Crippen molar-refractivity contribution in [3.05, 3.63) is 29.6 Å². The Bertz CT molecular complexity index is 589. The molecule has 0 radical (unpaired) electrons. The lowest BCUT2D eigenvalue weighted by atomic mass is 10.1. The van der Waals surface area contributed by atoms with Crippen LogP contribution in [0.3, 0.4) is 0 Å². The third kappa shape index (κ3) is 4.04. The second-order valence-corrected chi connectivity index (χ2v) is 4.59. The van der Waals surface area contributed by atoms with Gasteiger partial charge in [0.1, 0.15) is 0 Å². The molecule has 2 amide bonds. The van der Waals surface area contributed by atoms with Crippen LogP contribution < -0.4 is 5.32 Å². The molecule has 1 aromatic heterocycles. The zero-order chi connectivity index (χ0) is 15.1. The van der Waals surface area contributed by atoms with Crippen LogP contribution in [-0.2, 0) is 4.79 Å². The van der Waals surface area contributed by atoms with Crippen LogP contribution in [0.25, 0.3) is 0 Å². The molecule has 6 nitrogen and oxygen atoms in total. The van der Waals surface area contributed by atoms with Crippen LogP contribution in [0.2, 0.25) is 0 Å². The van der Waals surface area contributed by atoms with E-state index in [1.165, 1.54) is 0 Å². The van der Waals surface area contributed by atoms with Crippen molar-refractivity contribution in [2.45, 2.75) is 12.8 Å². The predicted octanol–water partition coefficient (Wildman–Crippen LogP) is -0.222. The van der Waals surface area contributed by atoms with Crippen molar-refractivity contribution < 1.29 is 14.7 Å². The summed E-state index contributed by atoms with van der Waals surface area (Å²) in [5.41, 5.74) is 1.02. The smallest absolute Gasteiger partial charge is 0.255 e. The van der Waals surface area contributed by atoms with Gasteiger partial charge in [0.25, 0.3) is 5.91 Å². The largest absolute Gasteiger partial charge is 0.395 e. The predicted molar refractivity (Wildman–Crippen MR) is 76.3 cm³/mol. The Kier molecular flexibility index (Phi) is 5.29. The molecule has 110 valence electrons. The van der Waals surface area contributed by atoms with Gasteiger partial charge in [-0.15, -0.1) is 0 Å². The van der Waals surface area contributed by atoms with E-state index < -0.39 is 0 Å². The third-order valence-corrected chi connectivity index (χ3v) is 3.11. The van der Waals surface area contributed by atoms with Gasteiger partial charge in [-0.05, 0) is 6.07 Å². The Balaban J connectivity index is 2.19. The minimum atomic E-state index is -0.151. The van der Waals surface area contributed by atoms with E-state index in [4.69, 9.17) is 5.11 Å². The number of amides is 2. The molecule has 0 aromatic carbocycles. The van der Waals surface area contributed by atoms with E-state index in [0.717, 1.165) is 0 Å². The SMILES string of the molecule is O=C1CCN(C(=O)c2ccncc2C#CCCO)CCN1. The average Bonchev–Trinajstić information content (AvgIpc) is 2.72. The summed E-state index contributed by atoms with van der Waals surface area (Å²) in [6.07, 6.45) is 3.75. The highest BCUT2D eigenvalue weighted by molar-refractivity contribution is 5.97. The van der Waals surface area contributed by atoms with Gasteiger partial charge in [0.05, 0.1) is 17.7 Å². The fourth-order valence-corrected chi connectivity index (χ4v) is 2.03. The summed E-state index contributed by atoms with van der Waals surface area (Å²) < 4.78 is 0. The minimum Gasteiger partial charge on any atom is -0.395 e. The van der Waals surface area contributed by atoms with Crippen molar-refractivity contribution >= 4 is 11.8 Å². The first kappa shape index (κ1) is 15.0. The highest BCUT2D eigenvalue weighted by Gasteiger charge is 2.21. The topological polar surface area (TPSA) is 82.5 Å². The monoisotopic (exact) mass is 287 g/mol. The number of nitrogens with one attached hydrogen (secondary N) is 1. The molecule has 1 aromatic rings. The lowest BCUT2D eigenvalue weighted by Gasteiger charge is -2.20. The van der Waals surface area contributed by atoms with Crippen LogP contribution in [0.1, 0.15) is 28.8 Å². The van der Waals surface area contributed by atoms with Gasteiger partial charge in [0.2, 0.25) is 5.91 Å². The molecule has 21 heavy (non-hydrogen) atoms. The van der Waals surface area contributed by atoms with E-state index in [1.807, 2.05) is 0 Å². The molecule has 2 heterocycles. The third-order valence-electron chi connectivity index (χ3n) is 3.11. The van der Waals surface area contributed by atoms with Gasteiger partial charge in [0, 0.05) is 44.9 Å². The number of carbonyl (C=O) groups is 2. The van der Waals surface area contributed by atoms with E-state index in [1.54, 1.807) is 23.4 Å². The highest BCUT2D eigenvalue weighted by Crippen LogP contribution is 2.11. The molecule has 0 spiro atoms. The summed E-state index contributed by atoms with van der Waals surface area (Å²) in [5.74, 6) is 5.46. The molecule has 0 saturated carbocycles. The molecular weight excluding hydrogens is 270 g/mol. The summed E-state index contributed by atoms with van der Waals surface area (Å²) in [5, 5.41) is 11.5. The quantitative estimate of drug-likeness (QED) is 0.737. The molecule has 2 rings (SSSR count). The van der Waals surface area contributed by atoms with Crippen molar-refractivity contribution in [3.8, 4) is 11.8 Å². The van der Waals surface area contributed by atoms with E-state index >= 15 is 0 Å². The second-order valence-electron chi connectivity index (χ2n) is 4.59. The number of carbonyl (C=O) groups excluding carboxylic acids is 2. The Morgan fingerprint density at radius 3 is 3.14 bits per heavy atom. The lowest BCUT2D eigenvalue weighted by molar-refractivity contribution is -0.120. The number of aliphatic hydroxyl groups excluding tert-OH is 1. The number of pyridine rings is 1. The van der Waals surface area contributed by atoms with Crippen LogP contribution in [0, 0.1) is 11.8 Å². The van der Waals surface area contributed by atoms with Gasteiger partial charge in [-0.25, -0.2) is 0 Å². The molecule has 6 heteroatoms.